The average Bonchev–Trinajstić information content (AvgIpc) is 3.25. The first-order valence-corrected chi connectivity index (χ1v) is 15.6. The molecular formula is C25H27N4O2PSe. The molecule has 1 atom stereocenters. The molecule has 4 N–H and O–H groups in total. The summed E-state index contributed by atoms with van der Waals surface area (Å²) >= 11 is 3.49. The van der Waals surface area contributed by atoms with Crippen LogP contribution in [0.4, 0.5) is 11.4 Å². The number of anilines is 2. The van der Waals surface area contributed by atoms with Gasteiger partial charge in [0.1, 0.15) is 0 Å². The second kappa shape index (κ2) is 9.36. The van der Waals surface area contributed by atoms with E-state index >= 15 is 0 Å². The molecule has 0 aliphatic carbocycles. The van der Waals surface area contributed by atoms with Crippen LogP contribution >= 0.6 is 5.51 Å². The van der Waals surface area contributed by atoms with E-state index < -0.39 is 11.6 Å². The number of hydrogen-bond donors (Lipinski definition) is 4. The summed E-state index contributed by atoms with van der Waals surface area (Å²) in [6.07, 6.45) is 4.94. The third kappa shape index (κ3) is 4.60. The number of para-hydroxylation sites is 1. The number of hydrogen-bond acceptors (Lipinski definition) is 5. The molecule has 0 spiro atoms. The summed E-state index contributed by atoms with van der Waals surface area (Å²) in [6.45, 7) is 0. The first kappa shape index (κ1) is 22.2. The molecule has 1 unspecified atom stereocenters. The molecule has 5 rings (SSSR count). The molecule has 1 aromatic heterocycles. The first-order valence-electron chi connectivity index (χ1n) is 11.0. The van der Waals surface area contributed by atoms with Crippen LogP contribution in [-0.2, 0) is 16.0 Å². The van der Waals surface area contributed by atoms with E-state index in [0.717, 1.165) is 40.4 Å². The number of aromatic amines is 1. The van der Waals surface area contributed by atoms with E-state index in [9.17, 15) is 4.79 Å². The molecule has 1 aliphatic heterocycles. The molecule has 170 valence electrons. The van der Waals surface area contributed by atoms with E-state index in [2.05, 4.69) is 78.5 Å². The molecule has 0 saturated heterocycles. The van der Waals surface area contributed by atoms with Crippen LogP contribution in [0.3, 0.4) is 0 Å². The summed E-state index contributed by atoms with van der Waals surface area (Å²) in [5.74, 6) is -0.241. The molecule has 0 bridgehead atoms. The van der Waals surface area contributed by atoms with E-state index in [1.807, 2.05) is 24.4 Å². The van der Waals surface area contributed by atoms with Gasteiger partial charge in [0.05, 0.1) is 0 Å². The van der Waals surface area contributed by atoms with Gasteiger partial charge in [-0.15, -0.1) is 0 Å². The Morgan fingerprint density at radius 3 is 2.45 bits per heavy atom. The van der Waals surface area contributed by atoms with Crippen molar-refractivity contribution in [3.8, 4) is 0 Å². The number of carbonyl (C=O) groups is 1. The Kier molecular flexibility index (Phi) is 6.31. The zero-order chi connectivity index (χ0) is 22.8. The van der Waals surface area contributed by atoms with Crippen molar-refractivity contribution in [2.45, 2.75) is 12.5 Å². The SMILES string of the molecule is COC(=O)C(Cc1c[nH]c2ccccc12)NCP1(=[Se])CNc2cccc3cccc(c23)NC1. The average molecular weight is 525 g/mol. The molecule has 2 heterocycles. The van der Waals surface area contributed by atoms with Gasteiger partial charge in [0.15, 0.2) is 0 Å². The number of methoxy groups -OCH3 is 1. The van der Waals surface area contributed by atoms with Gasteiger partial charge in [-0.05, 0) is 0 Å². The van der Waals surface area contributed by atoms with Crippen molar-refractivity contribution in [2.24, 2.45) is 0 Å². The predicted octanol–water partition coefficient (Wildman–Crippen LogP) is 4.51. The fourth-order valence-corrected chi connectivity index (χ4v) is 7.53. The minimum absolute atomic E-state index is 0.241. The topological polar surface area (TPSA) is 78.2 Å². The van der Waals surface area contributed by atoms with Crippen molar-refractivity contribution in [3.63, 3.8) is 0 Å². The van der Waals surface area contributed by atoms with Gasteiger partial charge < -0.3 is 0 Å². The van der Waals surface area contributed by atoms with Crippen molar-refractivity contribution in [3.05, 3.63) is 72.4 Å². The maximum atomic E-state index is 12.6. The van der Waals surface area contributed by atoms with Gasteiger partial charge in [0.2, 0.25) is 0 Å². The van der Waals surface area contributed by atoms with Crippen LogP contribution in [-0.4, -0.2) is 58.1 Å². The number of esters is 1. The summed E-state index contributed by atoms with van der Waals surface area (Å²) in [5, 5.41) is 14.5. The van der Waals surface area contributed by atoms with Crippen LogP contribution in [0.25, 0.3) is 21.7 Å². The van der Waals surface area contributed by atoms with Crippen LogP contribution in [0.5, 0.6) is 0 Å². The molecule has 3 aromatic carbocycles. The van der Waals surface area contributed by atoms with Crippen molar-refractivity contribution in [1.29, 1.82) is 0 Å². The standard InChI is InChI=1S/C25H27N4O2PSe/c1-31-25(30)23(12-18-13-26-20-9-3-2-8-19(18)20)29-16-32(33)14-27-21-10-4-6-17-7-5-11-22(24(17)21)28-15-32/h2-11,13,23,26-29H,12,14-16H2,1H3. The Morgan fingerprint density at radius 1 is 1.06 bits per heavy atom. The number of rotatable bonds is 6. The van der Waals surface area contributed by atoms with Gasteiger partial charge in [-0.3, -0.25) is 0 Å². The molecule has 0 amide bonds. The molecule has 4 aromatic rings. The van der Waals surface area contributed by atoms with Gasteiger partial charge in [-0.2, -0.15) is 0 Å². The van der Waals surface area contributed by atoms with Gasteiger partial charge >= 0.3 is 201 Å². The van der Waals surface area contributed by atoms with E-state index in [0.29, 0.717) is 12.7 Å². The Morgan fingerprint density at radius 2 is 1.76 bits per heavy atom. The molecule has 0 saturated carbocycles. The zero-order valence-corrected chi connectivity index (χ0v) is 21.0. The minimum atomic E-state index is -1.61. The van der Waals surface area contributed by atoms with Crippen LogP contribution in [0.1, 0.15) is 5.56 Å². The second-order valence-electron chi connectivity index (χ2n) is 8.44. The fourth-order valence-electron chi connectivity index (χ4n) is 4.44. The predicted molar refractivity (Wildman–Crippen MR) is 139 cm³/mol. The number of fused-ring (bicyclic) bond motifs is 1. The number of carbonyl (C=O) groups excluding carboxylic acids is 1. The third-order valence-electron chi connectivity index (χ3n) is 6.23. The summed E-state index contributed by atoms with van der Waals surface area (Å²) in [6, 6.07) is 20.4. The molecule has 1 aliphatic rings. The number of benzene rings is 3. The van der Waals surface area contributed by atoms with Crippen LogP contribution in [0, 0.1) is 0 Å². The van der Waals surface area contributed by atoms with Crippen LogP contribution in [0.15, 0.2) is 66.9 Å². The van der Waals surface area contributed by atoms with Crippen molar-refractivity contribution in [1.82, 2.24) is 10.3 Å². The number of ether oxygens (including phenoxy) is 1. The Balaban J connectivity index is 1.34. The number of nitrogens with one attached hydrogen (secondary N) is 4. The van der Waals surface area contributed by atoms with E-state index in [4.69, 9.17) is 4.74 Å². The van der Waals surface area contributed by atoms with Crippen molar-refractivity contribution >= 4 is 59.6 Å². The summed E-state index contributed by atoms with van der Waals surface area (Å²) in [7, 11) is 1.45. The second-order valence-corrected chi connectivity index (χ2v) is 16.4. The summed E-state index contributed by atoms with van der Waals surface area (Å²) in [4.78, 5) is 15.9. The quantitative estimate of drug-likeness (QED) is 0.169. The summed E-state index contributed by atoms with van der Waals surface area (Å²) in [5.41, 5.74) is 2.84. The number of aromatic nitrogens is 1. The fraction of sp³-hybridized carbons (Fsp3) is 0.240. The van der Waals surface area contributed by atoms with Gasteiger partial charge in [-0.1, -0.05) is 0 Å². The van der Waals surface area contributed by atoms with E-state index in [1.165, 1.54) is 17.9 Å². The Hall–Kier alpha value is -2.56. The molecule has 0 radical (unpaired) electrons. The van der Waals surface area contributed by atoms with Crippen LogP contribution in [0.2, 0.25) is 0 Å². The monoisotopic (exact) mass is 526 g/mol. The van der Waals surface area contributed by atoms with Gasteiger partial charge in [0.25, 0.3) is 0 Å². The molecule has 0 fully saturated rings. The summed E-state index contributed by atoms with van der Waals surface area (Å²) < 4.78 is 5.13. The van der Waals surface area contributed by atoms with Crippen molar-refractivity contribution in [2.75, 3.05) is 36.6 Å². The van der Waals surface area contributed by atoms with Crippen molar-refractivity contribution < 1.29 is 9.53 Å². The first-order chi connectivity index (χ1) is 16.1. The Bertz CT molecular complexity index is 1320. The third-order valence-corrected chi connectivity index (χ3v) is 10.9. The van der Waals surface area contributed by atoms with E-state index in [-0.39, 0.29) is 5.97 Å². The number of H-pyrrole nitrogens is 1. The zero-order valence-electron chi connectivity index (χ0n) is 18.4. The van der Waals surface area contributed by atoms with E-state index in [1.54, 1.807) is 0 Å². The molecule has 33 heavy (non-hydrogen) atoms. The molecular weight excluding hydrogens is 498 g/mol. The molecule has 6 nitrogen and oxygen atoms in total. The van der Waals surface area contributed by atoms with Crippen LogP contribution < -0.4 is 16.0 Å². The Labute approximate surface area is 200 Å². The normalized spacial score (nSPS) is 15.8. The van der Waals surface area contributed by atoms with Gasteiger partial charge in [-0.25, -0.2) is 0 Å². The molecule has 8 heteroatoms. The van der Waals surface area contributed by atoms with Gasteiger partial charge in [0, 0.05) is 0 Å². The maximum absolute atomic E-state index is 12.6.